The number of phosphoric acid groups is 1. The number of unbranched alkanes of at least 4 members (excludes halogenated alkanes) is 27. The van der Waals surface area contributed by atoms with Gasteiger partial charge in [0.25, 0.3) is 7.82 Å². The van der Waals surface area contributed by atoms with E-state index in [0.29, 0.717) is 24.1 Å². The first kappa shape index (κ1) is 56.0. The van der Waals surface area contributed by atoms with Crippen molar-refractivity contribution in [2.24, 2.45) is 0 Å². The summed E-state index contributed by atoms with van der Waals surface area (Å²) >= 11 is 0. The Labute approximate surface area is 353 Å². The van der Waals surface area contributed by atoms with E-state index in [1.165, 1.54) is 154 Å². The molecule has 0 heterocycles. The van der Waals surface area contributed by atoms with Gasteiger partial charge in [0.15, 0.2) is 0 Å². The van der Waals surface area contributed by atoms with Crippen LogP contribution in [0.3, 0.4) is 0 Å². The normalized spacial score (nSPS) is 13.9. The average Bonchev–Trinajstić information content (AvgIpc) is 3.16. The van der Waals surface area contributed by atoms with Gasteiger partial charge in [0.1, 0.15) is 19.3 Å². The van der Waals surface area contributed by atoms with E-state index in [1.807, 2.05) is 21.1 Å². The third-order valence-electron chi connectivity index (χ3n) is 10.5. The van der Waals surface area contributed by atoms with Crippen molar-refractivity contribution in [3.05, 3.63) is 24.3 Å². The van der Waals surface area contributed by atoms with Crippen LogP contribution in [0.4, 0.5) is 0 Å². The number of nitrogens with zero attached hydrogens (tertiary/aromatic N) is 1. The van der Waals surface area contributed by atoms with Crippen LogP contribution in [0.25, 0.3) is 0 Å². The summed E-state index contributed by atoms with van der Waals surface area (Å²) in [7, 11) is 1.36. The van der Waals surface area contributed by atoms with Gasteiger partial charge in [-0.25, -0.2) is 0 Å². The molecule has 0 saturated heterocycles. The van der Waals surface area contributed by atoms with E-state index >= 15 is 0 Å². The predicted octanol–water partition coefficient (Wildman–Crippen LogP) is 13.8. The van der Waals surface area contributed by atoms with E-state index in [2.05, 4.69) is 38.2 Å². The van der Waals surface area contributed by atoms with Crippen LogP contribution in [0, 0.1) is 0 Å². The zero-order chi connectivity index (χ0) is 42.0. The van der Waals surface area contributed by atoms with Crippen LogP contribution in [0.1, 0.15) is 219 Å². The molecule has 338 valence electrons. The Balaban J connectivity index is 4.16. The molecule has 8 nitrogen and oxygen atoms in total. The molecule has 0 aliphatic heterocycles. The minimum atomic E-state index is -4.53. The smallest absolute Gasteiger partial charge is 0.306 e. The third kappa shape index (κ3) is 45.9. The maximum Gasteiger partial charge on any atom is 0.306 e. The van der Waals surface area contributed by atoms with Gasteiger partial charge in [0.2, 0.25) is 0 Å². The molecule has 0 aromatic carbocycles. The van der Waals surface area contributed by atoms with Crippen molar-refractivity contribution >= 4 is 13.8 Å². The van der Waals surface area contributed by atoms with Gasteiger partial charge >= 0.3 is 5.97 Å². The monoisotopic (exact) mass is 828 g/mol. The molecule has 0 N–H and O–H groups in total. The molecular formula is C48H94NO7P. The van der Waals surface area contributed by atoms with Crippen molar-refractivity contribution in [2.75, 3.05) is 54.1 Å². The first-order valence-electron chi connectivity index (χ1n) is 24.1. The first-order chi connectivity index (χ1) is 27.6. The van der Waals surface area contributed by atoms with Crippen molar-refractivity contribution in [3.63, 3.8) is 0 Å². The Morgan fingerprint density at radius 1 is 0.544 bits per heavy atom. The zero-order valence-corrected chi connectivity index (χ0v) is 39.2. The fraction of sp³-hybridized carbons (Fsp3) is 0.896. The van der Waals surface area contributed by atoms with Gasteiger partial charge in [-0.2, -0.15) is 0 Å². The van der Waals surface area contributed by atoms with E-state index < -0.39 is 13.9 Å². The van der Waals surface area contributed by atoms with Crippen molar-refractivity contribution in [1.82, 2.24) is 0 Å². The van der Waals surface area contributed by atoms with Crippen molar-refractivity contribution in [3.8, 4) is 0 Å². The number of hydrogen-bond acceptors (Lipinski definition) is 7. The SMILES string of the molecule is CCCCC/C=C\C/C=C\CCCCCCCCOC[C@H](COP(=O)([O-])OCC[N+](C)(C)C)OC(=O)CCCCCCCCCCCCCCCCCCCCC. The molecule has 0 radical (unpaired) electrons. The number of esters is 1. The molecule has 0 aliphatic rings. The second kappa shape index (κ2) is 41.7. The average molecular weight is 828 g/mol. The van der Waals surface area contributed by atoms with Gasteiger partial charge in [-0.1, -0.05) is 192 Å². The number of hydrogen-bond donors (Lipinski definition) is 0. The molecule has 0 rings (SSSR count). The predicted molar refractivity (Wildman–Crippen MR) is 240 cm³/mol. The molecule has 0 amide bonds. The largest absolute Gasteiger partial charge is 0.756 e. The van der Waals surface area contributed by atoms with E-state index in [9.17, 15) is 14.3 Å². The van der Waals surface area contributed by atoms with E-state index in [0.717, 1.165) is 44.9 Å². The molecular weight excluding hydrogens is 734 g/mol. The second-order valence-electron chi connectivity index (χ2n) is 17.5. The minimum Gasteiger partial charge on any atom is -0.756 e. The van der Waals surface area contributed by atoms with E-state index in [1.54, 1.807) is 0 Å². The number of carbonyl (C=O) groups is 1. The number of allylic oxidation sites excluding steroid dienone is 4. The van der Waals surface area contributed by atoms with Gasteiger partial charge < -0.3 is 27.9 Å². The van der Waals surface area contributed by atoms with Crippen molar-refractivity contribution < 1.29 is 37.3 Å². The van der Waals surface area contributed by atoms with Crippen LogP contribution < -0.4 is 4.89 Å². The lowest BCUT2D eigenvalue weighted by Crippen LogP contribution is -2.37. The summed E-state index contributed by atoms with van der Waals surface area (Å²) in [6, 6.07) is 0. The van der Waals surface area contributed by atoms with Gasteiger partial charge in [-0.15, -0.1) is 0 Å². The van der Waals surface area contributed by atoms with Gasteiger partial charge in [-0.3, -0.25) is 9.36 Å². The highest BCUT2D eigenvalue weighted by Gasteiger charge is 2.20. The van der Waals surface area contributed by atoms with Crippen molar-refractivity contribution in [1.29, 1.82) is 0 Å². The summed E-state index contributed by atoms with van der Waals surface area (Å²) in [4.78, 5) is 25.1. The summed E-state index contributed by atoms with van der Waals surface area (Å²) in [5.41, 5.74) is 0. The highest BCUT2D eigenvalue weighted by Crippen LogP contribution is 2.38. The Bertz CT molecular complexity index is 967. The Hall–Kier alpha value is -1.02. The molecule has 0 bridgehead atoms. The van der Waals surface area contributed by atoms with Crippen molar-refractivity contribution in [2.45, 2.75) is 225 Å². The fourth-order valence-corrected chi connectivity index (χ4v) is 7.48. The highest BCUT2D eigenvalue weighted by atomic mass is 31.2. The van der Waals surface area contributed by atoms with Gasteiger partial charge in [-0.05, 0) is 44.9 Å². The Kier molecular flexibility index (Phi) is 41.0. The van der Waals surface area contributed by atoms with Crippen LogP contribution in [0.5, 0.6) is 0 Å². The summed E-state index contributed by atoms with van der Waals surface area (Å²) in [6.45, 7) is 5.40. The second-order valence-corrected chi connectivity index (χ2v) is 18.9. The molecule has 0 saturated carbocycles. The number of carbonyl (C=O) groups excluding carboxylic acids is 1. The fourth-order valence-electron chi connectivity index (χ4n) is 6.75. The number of quaternary nitrogens is 1. The number of ether oxygens (including phenoxy) is 2. The first-order valence-corrected chi connectivity index (χ1v) is 25.5. The lowest BCUT2D eigenvalue weighted by atomic mass is 10.0. The third-order valence-corrected chi connectivity index (χ3v) is 11.5. The Morgan fingerprint density at radius 2 is 0.965 bits per heavy atom. The topological polar surface area (TPSA) is 94.1 Å². The summed E-state index contributed by atoms with van der Waals surface area (Å²) in [5, 5.41) is 0. The van der Waals surface area contributed by atoms with E-state index in [-0.39, 0.29) is 25.8 Å². The lowest BCUT2D eigenvalue weighted by Gasteiger charge is -2.28. The minimum absolute atomic E-state index is 0.0260. The summed E-state index contributed by atoms with van der Waals surface area (Å²) in [6.07, 6.45) is 47.6. The standard InChI is InChI=1S/C48H94NO7P/c1-6-8-10-12-14-16-18-20-22-24-25-26-27-29-31-33-35-37-39-41-48(50)56-47(46-55-57(51,52)54-44-42-49(3,4)5)45-53-43-40-38-36-34-32-30-28-23-21-19-17-15-13-11-9-7-2/h15,17,21,23,47H,6-14,16,18-20,22,24-46H2,1-5H3/b17-15-,23-21-/t47-/m1/s1. The van der Waals surface area contributed by atoms with Crippen LogP contribution in [0.2, 0.25) is 0 Å². The summed E-state index contributed by atoms with van der Waals surface area (Å²) in [5.74, 6) is -0.334. The number of likely N-dealkylation sites (N-methyl/N-ethyl adjacent to an activating group) is 1. The van der Waals surface area contributed by atoms with E-state index in [4.69, 9.17) is 18.5 Å². The molecule has 0 aromatic rings. The lowest BCUT2D eigenvalue weighted by molar-refractivity contribution is -0.870. The molecule has 9 heteroatoms. The molecule has 0 aromatic heterocycles. The van der Waals surface area contributed by atoms with Crippen LogP contribution >= 0.6 is 7.82 Å². The van der Waals surface area contributed by atoms with Crippen LogP contribution in [0.15, 0.2) is 24.3 Å². The van der Waals surface area contributed by atoms with Crippen LogP contribution in [-0.2, 0) is 27.9 Å². The van der Waals surface area contributed by atoms with Gasteiger partial charge in [0, 0.05) is 13.0 Å². The number of phosphoric ester groups is 1. The molecule has 0 spiro atoms. The maximum absolute atomic E-state index is 12.7. The highest BCUT2D eigenvalue weighted by molar-refractivity contribution is 7.45. The molecule has 0 fully saturated rings. The quantitative estimate of drug-likeness (QED) is 0.0198. The molecule has 57 heavy (non-hydrogen) atoms. The molecule has 0 aliphatic carbocycles. The van der Waals surface area contributed by atoms with Crippen LogP contribution in [-0.4, -0.2) is 70.7 Å². The zero-order valence-electron chi connectivity index (χ0n) is 38.3. The number of rotatable bonds is 45. The maximum atomic E-state index is 12.7. The molecule has 1 unspecified atom stereocenters. The Morgan fingerprint density at radius 3 is 1.46 bits per heavy atom. The van der Waals surface area contributed by atoms with Gasteiger partial charge in [0.05, 0.1) is 34.4 Å². The summed E-state index contributed by atoms with van der Waals surface area (Å²) < 4.78 is 34.7. The molecule has 2 atom stereocenters.